The molecule has 6 nitrogen and oxygen atoms in total. The molecule has 6 rings (SSSR count). The minimum Gasteiger partial charge on any atom is -0.453 e. The molecule has 0 amide bonds. The number of aromatic amines is 2. The van der Waals surface area contributed by atoms with Crippen LogP contribution in [-0.4, -0.2) is 34.1 Å². The number of H-pyrrole nitrogens is 2. The topological polar surface area (TPSA) is 84.2 Å². The molecule has 0 radical (unpaired) electrons. The first-order valence-corrected chi connectivity index (χ1v) is 11.3. The lowest BCUT2D eigenvalue weighted by Gasteiger charge is -2.37. The van der Waals surface area contributed by atoms with E-state index in [0.717, 1.165) is 24.2 Å². The highest BCUT2D eigenvalue weighted by atomic mass is 16.6. The number of ether oxygens (including phenoxy) is 2. The van der Waals surface area contributed by atoms with Gasteiger partial charge in [0.25, 0.3) is 0 Å². The molecule has 0 spiro atoms. The highest BCUT2D eigenvalue weighted by Gasteiger charge is 2.63. The average Bonchev–Trinajstić information content (AvgIpc) is 3.56. The van der Waals surface area contributed by atoms with Crippen molar-refractivity contribution in [2.75, 3.05) is 0 Å². The van der Waals surface area contributed by atoms with E-state index in [4.69, 9.17) is 9.47 Å². The smallest absolute Gasteiger partial charge is 0.355 e. The number of esters is 2. The number of hydrogen-bond donors (Lipinski definition) is 2. The summed E-state index contributed by atoms with van der Waals surface area (Å²) in [6.07, 6.45) is 1.01. The predicted molar refractivity (Wildman–Crippen MR) is 117 cm³/mol. The molecule has 1 aromatic carbocycles. The van der Waals surface area contributed by atoms with E-state index in [2.05, 4.69) is 34.2 Å². The summed E-state index contributed by atoms with van der Waals surface area (Å²) in [5, 5.41) is 0. The Hall–Kier alpha value is -3.28. The van der Waals surface area contributed by atoms with Gasteiger partial charge in [-0.15, -0.1) is 0 Å². The lowest BCUT2D eigenvalue weighted by molar-refractivity contribution is -0.0702. The summed E-state index contributed by atoms with van der Waals surface area (Å²) in [7, 11) is 0. The quantitative estimate of drug-likeness (QED) is 0.604. The monoisotopic (exact) mass is 430 g/mol. The third kappa shape index (κ3) is 2.93. The second-order valence-electron chi connectivity index (χ2n) is 9.51. The van der Waals surface area contributed by atoms with Crippen LogP contribution in [0.5, 0.6) is 0 Å². The van der Waals surface area contributed by atoms with E-state index in [-0.39, 0.29) is 17.8 Å². The number of aromatic nitrogens is 2. The Morgan fingerprint density at radius 1 is 0.781 bits per heavy atom. The molecule has 3 aliphatic carbocycles. The summed E-state index contributed by atoms with van der Waals surface area (Å²) < 4.78 is 12.1. The maximum absolute atomic E-state index is 12.9. The van der Waals surface area contributed by atoms with Crippen LogP contribution in [0, 0.1) is 31.6 Å². The number of nitrogens with one attached hydrogen (secondary N) is 2. The van der Waals surface area contributed by atoms with Gasteiger partial charge in [0.15, 0.2) is 0 Å². The molecule has 2 saturated carbocycles. The summed E-state index contributed by atoms with van der Waals surface area (Å²) in [6, 6.07) is 15.7. The third-order valence-electron chi connectivity index (χ3n) is 7.64. The predicted octanol–water partition coefficient (Wildman–Crippen LogP) is 4.32. The first kappa shape index (κ1) is 19.4. The molecular weight excluding hydrogens is 404 g/mol. The minimum atomic E-state index is -0.455. The SMILES string of the molecule is Cc1ccc(C(=O)OC2C3CC(C2OC(=O)c2ccc(C)[nH]2)C2c4ccccc4CC32)[nH]1. The number of carbonyl (C=O) groups excluding carboxylic acids is 2. The molecule has 2 bridgehead atoms. The molecule has 3 aliphatic rings. The summed E-state index contributed by atoms with van der Waals surface area (Å²) in [5.74, 6) is 0.317. The van der Waals surface area contributed by atoms with Crippen LogP contribution in [0.1, 0.15) is 55.8 Å². The maximum Gasteiger partial charge on any atom is 0.355 e. The molecule has 2 fully saturated rings. The zero-order chi connectivity index (χ0) is 22.0. The van der Waals surface area contributed by atoms with Crippen LogP contribution >= 0.6 is 0 Å². The van der Waals surface area contributed by atoms with E-state index < -0.39 is 18.2 Å². The van der Waals surface area contributed by atoms with Crippen molar-refractivity contribution in [3.63, 3.8) is 0 Å². The van der Waals surface area contributed by atoms with Gasteiger partial charge >= 0.3 is 11.9 Å². The summed E-state index contributed by atoms with van der Waals surface area (Å²) in [6.45, 7) is 3.80. The normalized spacial score (nSPS) is 29.6. The Kier molecular flexibility index (Phi) is 4.32. The fourth-order valence-electron chi connectivity index (χ4n) is 6.39. The van der Waals surface area contributed by atoms with Crippen LogP contribution in [0.4, 0.5) is 0 Å². The molecular formula is C26H26N2O4. The molecule has 2 aromatic heterocycles. The first-order valence-electron chi connectivity index (χ1n) is 11.3. The number of carbonyl (C=O) groups is 2. The summed E-state index contributed by atoms with van der Waals surface area (Å²) in [5.41, 5.74) is 5.40. The fourth-order valence-corrected chi connectivity index (χ4v) is 6.39. The van der Waals surface area contributed by atoms with Gasteiger partial charge in [-0.2, -0.15) is 0 Å². The van der Waals surface area contributed by atoms with Gasteiger partial charge in [0.2, 0.25) is 0 Å². The minimum absolute atomic E-state index is 0.150. The number of benzene rings is 1. The van der Waals surface area contributed by atoms with Crippen LogP contribution in [0.3, 0.4) is 0 Å². The van der Waals surface area contributed by atoms with E-state index in [1.54, 1.807) is 12.1 Å². The van der Waals surface area contributed by atoms with E-state index in [1.807, 2.05) is 26.0 Å². The lowest BCUT2D eigenvalue weighted by atomic mass is 9.76. The summed E-state index contributed by atoms with van der Waals surface area (Å²) in [4.78, 5) is 31.9. The van der Waals surface area contributed by atoms with Gasteiger partial charge in [0, 0.05) is 23.2 Å². The lowest BCUT2D eigenvalue weighted by Crippen LogP contribution is -2.45. The average molecular weight is 431 g/mol. The highest BCUT2D eigenvalue weighted by molar-refractivity contribution is 5.88. The molecule has 6 heteroatoms. The van der Waals surface area contributed by atoms with Crippen molar-refractivity contribution < 1.29 is 19.1 Å². The van der Waals surface area contributed by atoms with Gasteiger partial charge < -0.3 is 19.4 Å². The standard InChI is InChI=1S/C26H26N2O4/c1-13-7-9-20(27-13)25(29)31-23-18-12-19(22-16-6-4-3-5-15(16)11-17(18)22)24(23)32-26(30)21-10-8-14(2)28-21/h3-10,17-19,22-24,27-28H,11-12H2,1-2H3. The van der Waals surface area contributed by atoms with Crippen LogP contribution in [0.25, 0.3) is 0 Å². The Morgan fingerprint density at radius 3 is 1.97 bits per heavy atom. The van der Waals surface area contributed by atoms with Crippen LogP contribution in [0.15, 0.2) is 48.5 Å². The molecule has 164 valence electrons. The van der Waals surface area contributed by atoms with Crippen molar-refractivity contribution in [2.45, 2.75) is 44.8 Å². The number of aryl methyl sites for hydroxylation is 2. The van der Waals surface area contributed by atoms with E-state index in [9.17, 15) is 9.59 Å². The van der Waals surface area contributed by atoms with E-state index >= 15 is 0 Å². The van der Waals surface area contributed by atoms with Crippen molar-refractivity contribution in [3.8, 4) is 0 Å². The molecule has 0 saturated heterocycles. The maximum atomic E-state index is 12.9. The van der Waals surface area contributed by atoms with Crippen molar-refractivity contribution in [1.29, 1.82) is 0 Å². The Morgan fingerprint density at radius 2 is 1.38 bits per heavy atom. The van der Waals surface area contributed by atoms with Gasteiger partial charge in [0.05, 0.1) is 0 Å². The first-order chi connectivity index (χ1) is 15.5. The van der Waals surface area contributed by atoms with Crippen LogP contribution in [-0.2, 0) is 15.9 Å². The molecule has 6 atom stereocenters. The van der Waals surface area contributed by atoms with Gasteiger partial charge in [-0.05, 0) is 73.9 Å². The zero-order valence-electron chi connectivity index (χ0n) is 18.1. The number of hydrogen-bond acceptors (Lipinski definition) is 4. The number of rotatable bonds is 4. The Labute approximate surface area is 186 Å². The fraction of sp³-hybridized carbons (Fsp3) is 0.385. The molecule has 2 heterocycles. The second-order valence-corrected chi connectivity index (χ2v) is 9.51. The van der Waals surface area contributed by atoms with Crippen molar-refractivity contribution in [2.24, 2.45) is 17.8 Å². The van der Waals surface area contributed by atoms with Crippen molar-refractivity contribution in [3.05, 3.63) is 82.4 Å². The van der Waals surface area contributed by atoms with Crippen molar-refractivity contribution >= 4 is 11.9 Å². The van der Waals surface area contributed by atoms with Crippen LogP contribution in [0.2, 0.25) is 0 Å². The van der Waals surface area contributed by atoms with Gasteiger partial charge in [-0.1, -0.05) is 24.3 Å². The molecule has 2 N–H and O–H groups in total. The van der Waals surface area contributed by atoms with E-state index in [0.29, 0.717) is 23.2 Å². The molecule has 3 aromatic rings. The molecule has 0 aliphatic heterocycles. The molecule has 6 unspecified atom stereocenters. The zero-order valence-corrected chi connectivity index (χ0v) is 18.1. The Bertz CT molecular complexity index is 1210. The largest absolute Gasteiger partial charge is 0.453 e. The Balaban J connectivity index is 1.31. The molecule has 32 heavy (non-hydrogen) atoms. The second kappa shape index (κ2) is 7.12. The van der Waals surface area contributed by atoms with Gasteiger partial charge in [0.1, 0.15) is 23.6 Å². The van der Waals surface area contributed by atoms with Crippen molar-refractivity contribution in [1.82, 2.24) is 9.97 Å². The van der Waals surface area contributed by atoms with E-state index in [1.165, 1.54) is 11.1 Å². The highest BCUT2D eigenvalue weighted by Crippen LogP contribution is 2.62. The van der Waals surface area contributed by atoms with Crippen LogP contribution < -0.4 is 0 Å². The van der Waals surface area contributed by atoms with Gasteiger partial charge in [-0.3, -0.25) is 0 Å². The van der Waals surface area contributed by atoms with Gasteiger partial charge in [-0.25, -0.2) is 9.59 Å². The number of fused-ring (bicyclic) bond motifs is 7. The summed E-state index contributed by atoms with van der Waals surface area (Å²) >= 11 is 0. The third-order valence-corrected chi connectivity index (χ3v) is 7.64.